The number of nitrogens with zero attached hydrogens (tertiary/aromatic N) is 4. The fourth-order valence-electron chi connectivity index (χ4n) is 3.52. The van der Waals surface area contributed by atoms with Gasteiger partial charge in [0.05, 0.1) is 10.6 Å². The Kier molecular flexibility index (Phi) is 8.20. The lowest BCUT2D eigenvalue weighted by molar-refractivity contribution is -0.137. The lowest BCUT2D eigenvalue weighted by Crippen LogP contribution is -2.47. The van der Waals surface area contributed by atoms with E-state index in [1.54, 1.807) is 35.2 Å². The van der Waals surface area contributed by atoms with E-state index >= 15 is 0 Å². The maximum absolute atomic E-state index is 13.0. The molecule has 13 heteroatoms. The lowest BCUT2D eigenvalue weighted by Gasteiger charge is -2.32. The Morgan fingerprint density at radius 3 is 2.27 bits per heavy atom. The molecular weight excluding hydrogens is 529 g/mol. The van der Waals surface area contributed by atoms with E-state index in [4.69, 9.17) is 11.6 Å². The molecule has 1 saturated heterocycles. The van der Waals surface area contributed by atoms with E-state index in [0.717, 1.165) is 30.1 Å². The molecule has 0 atom stereocenters. The molecule has 1 fully saturated rings. The number of benzene rings is 2. The second-order valence-electron chi connectivity index (χ2n) is 8.23. The van der Waals surface area contributed by atoms with Crippen LogP contribution in [0.4, 0.5) is 29.3 Å². The molecule has 1 aliphatic heterocycles. The van der Waals surface area contributed by atoms with Gasteiger partial charge in [0.25, 0.3) is 5.91 Å². The molecule has 2 heterocycles. The summed E-state index contributed by atoms with van der Waals surface area (Å²) in [6, 6.07) is 10.8. The van der Waals surface area contributed by atoms with Crippen molar-refractivity contribution in [1.29, 1.82) is 0 Å². The van der Waals surface area contributed by atoms with Crippen molar-refractivity contribution in [2.75, 3.05) is 43.9 Å². The number of hydrogen-bond donors (Lipinski definition) is 2. The first-order chi connectivity index (χ1) is 17.6. The number of likely N-dealkylation sites (N-methyl/N-ethyl adjacent to an activating group) is 1. The van der Waals surface area contributed by atoms with Crippen LogP contribution in [0.1, 0.15) is 16.1 Å². The number of hydrogen-bond acceptors (Lipinski definition) is 6. The van der Waals surface area contributed by atoms with Gasteiger partial charge in [-0.25, -0.2) is 14.8 Å². The van der Waals surface area contributed by atoms with E-state index in [0.29, 0.717) is 29.5 Å². The highest BCUT2D eigenvalue weighted by Gasteiger charge is 2.33. The predicted molar refractivity (Wildman–Crippen MR) is 135 cm³/mol. The third-order valence-electron chi connectivity index (χ3n) is 5.52. The highest BCUT2D eigenvalue weighted by molar-refractivity contribution is 7.99. The molecule has 3 aromatic rings. The van der Waals surface area contributed by atoms with Gasteiger partial charge in [0.1, 0.15) is 17.0 Å². The molecule has 3 amide bonds. The number of alkyl halides is 3. The van der Waals surface area contributed by atoms with E-state index < -0.39 is 22.8 Å². The fourth-order valence-corrected chi connectivity index (χ4v) is 4.53. The van der Waals surface area contributed by atoms with Crippen molar-refractivity contribution in [3.8, 4) is 0 Å². The van der Waals surface area contributed by atoms with Crippen LogP contribution in [0.15, 0.2) is 64.8 Å². The third kappa shape index (κ3) is 7.12. The maximum Gasteiger partial charge on any atom is 0.417 e. The average Bonchev–Trinajstić information content (AvgIpc) is 2.86. The molecule has 0 radical (unpaired) electrons. The number of anilines is 2. The first-order valence-corrected chi connectivity index (χ1v) is 12.3. The summed E-state index contributed by atoms with van der Waals surface area (Å²) in [5, 5.41) is 5.07. The monoisotopic (exact) mass is 550 g/mol. The number of halogens is 4. The zero-order valence-corrected chi connectivity index (χ0v) is 21.1. The van der Waals surface area contributed by atoms with Crippen LogP contribution in [0.25, 0.3) is 0 Å². The quantitative estimate of drug-likeness (QED) is 0.417. The Labute approximate surface area is 220 Å². The van der Waals surface area contributed by atoms with Crippen molar-refractivity contribution in [2.45, 2.75) is 16.1 Å². The number of aromatic nitrogens is 2. The molecule has 1 aliphatic rings. The summed E-state index contributed by atoms with van der Waals surface area (Å²) in [6.45, 7) is 2.91. The first kappa shape index (κ1) is 26.7. The number of carbonyl (C=O) groups excluding carboxylic acids is 2. The Morgan fingerprint density at radius 2 is 1.59 bits per heavy atom. The van der Waals surface area contributed by atoms with Crippen molar-refractivity contribution >= 4 is 46.7 Å². The van der Waals surface area contributed by atoms with Crippen LogP contribution in [0.5, 0.6) is 0 Å². The van der Waals surface area contributed by atoms with Gasteiger partial charge in [-0.3, -0.25) is 4.79 Å². The second-order valence-corrected chi connectivity index (χ2v) is 9.74. The van der Waals surface area contributed by atoms with Crippen LogP contribution >= 0.6 is 23.4 Å². The molecule has 0 saturated carbocycles. The largest absolute Gasteiger partial charge is 0.417 e. The summed E-state index contributed by atoms with van der Waals surface area (Å²) in [5.41, 5.74) is -0.327. The van der Waals surface area contributed by atoms with Gasteiger partial charge in [-0.1, -0.05) is 23.4 Å². The van der Waals surface area contributed by atoms with Crippen LogP contribution in [-0.2, 0) is 6.18 Å². The number of nitrogens with one attached hydrogen (secondary N) is 2. The van der Waals surface area contributed by atoms with Gasteiger partial charge in [-0.05, 0) is 49.5 Å². The molecule has 8 nitrogen and oxygen atoms in total. The van der Waals surface area contributed by atoms with E-state index in [1.807, 2.05) is 7.05 Å². The van der Waals surface area contributed by atoms with E-state index in [-0.39, 0.29) is 11.6 Å². The zero-order valence-electron chi connectivity index (χ0n) is 19.6. The SMILES string of the molecule is CN1CCN(C(=O)c2cc(Sc3ccc(NC(=O)Nc4ccc(Cl)c(C(F)(F)F)c4)cc3)ncn2)CC1. The molecule has 0 spiro atoms. The molecule has 0 aliphatic carbocycles. The average molecular weight is 551 g/mol. The van der Waals surface area contributed by atoms with Crippen LogP contribution in [-0.4, -0.2) is 64.9 Å². The van der Waals surface area contributed by atoms with Crippen molar-refractivity contribution in [3.05, 3.63) is 71.1 Å². The normalized spacial score (nSPS) is 14.4. The number of urea groups is 1. The van der Waals surface area contributed by atoms with Gasteiger partial charge in [0.15, 0.2) is 0 Å². The van der Waals surface area contributed by atoms with Gasteiger partial charge in [0, 0.05) is 48.5 Å². The Hall–Kier alpha value is -3.35. The van der Waals surface area contributed by atoms with Crippen LogP contribution in [0.3, 0.4) is 0 Å². The zero-order chi connectivity index (χ0) is 26.6. The molecule has 1 aromatic heterocycles. The summed E-state index contributed by atoms with van der Waals surface area (Å²) in [6.07, 6.45) is -3.28. The van der Waals surface area contributed by atoms with E-state index in [9.17, 15) is 22.8 Å². The second kappa shape index (κ2) is 11.4. The third-order valence-corrected chi connectivity index (χ3v) is 6.79. The Balaban J connectivity index is 1.35. The fraction of sp³-hybridized carbons (Fsp3) is 0.250. The lowest BCUT2D eigenvalue weighted by atomic mass is 10.2. The van der Waals surface area contributed by atoms with E-state index in [2.05, 4.69) is 25.5 Å². The molecule has 2 aromatic carbocycles. The number of piperazine rings is 1. The van der Waals surface area contributed by atoms with Gasteiger partial charge in [0.2, 0.25) is 0 Å². The van der Waals surface area contributed by atoms with Gasteiger partial charge >= 0.3 is 12.2 Å². The Morgan fingerprint density at radius 1 is 0.946 bits per heavy atom. The van der Waals surface area contributed by atoms with Gasteiger partial charge < -0.3 is 20.4 Å². The molecule has 194 valence electrons. The van der Waals surface area contributed by atoms with Crippen molar-refractivity contribution in [1.82, 2.24) is 19.8 Å². The number of carbonyl (C=O) groups is 2. The molecule has 2 N–H and O–H groups in total. The number of amides is 3. The molecule has 37 heavy (non-hydrogen) atoms. The van der Waals surface area contributed by atoms with Gasteiger partial charge in [-0.2, -0.15) is 13.2 Å². The minimum Gasteiger partial charge on any atom is -0.335 e. The first-order valence-electron chi connectivity index (χ1n) is 11.1. The minimum atomic E-state index is -4.64. The smallest absolute Gasteiger partial charge is 0.335 e. The highest BCUT2D eigenvalue weighted by Crippen LogP contribution is 2.36. The minimum absolute atomic E-state index is 0.0490. The van der Waals surface area contributed by atoms with E-state index in [1.165, 1.54) is 24.2 Å². The molecular formula is C24H22ClF3N6O2S. The van der Waals surface area contributed by atoms with Crippen LogP contribution in [0, 0.1) is 0 Å². The molecule has 0 unspecified atom stereocenters. The van der Waals surface area contributed by atoms with Crippen molar-refractivity contribution in [3.63, 3.8) is 0 Å². The summed E-state index contributed by atoms with van der Waals surface area (Å²) in [7, 11) is 2.02. The van der Waals surface area contributed by atoms with Crippen LogP contribution < -0.4 is 10.6 Å². The maximum atomic E-state index is 13.0. The summed E-state index contributed by atoms with van der Waals surface area (Å²) in [5.74, 6) is -0.133. The summed E-state index contributed by atoms with van der Waals surface area (Å²) >= 11 is 6.93. The standard InChI is InChI=1S/C24H22ClF3N6O2S/c1-33-8-10-34(11-9-33)22(35)20-13-21(30-14-29-20)37-17-5-2-15(3-6-17)31-23(36)32-16-4-7-19(25)18(12-16)24(26,27)28/h2-7,12-14H,8-11H2,1H3,(H2,31,32,36). The Bertz CT molecular complexity index is 1280. The number of rotatable bonds is 5. The predicted octanol–water partition coefficient (Wildman–Crippen LogP) is 5.33. The summed E-state index contributed by atoms with van der Waals surface area (Å²) in [4.78, 5) is 38.1. The van der Waals surface area contributed by atoms with Crippen molar-refractivity contribution < 1.29 is 22.8 Å². The van der Waals surface area contributed by atoms with Crippen molar-refractivity contribution in [2.24, 2.45) is 0 Å². The molecule has 4 rings (SSSR count). The highest BCUT2D eigenvalue weighted by atomic mass is 35.5. The summed E-state index contributed by atoms with van der Waals surface area (Å²) < 4.78 is 39.1. The van der Waals surface area contributed by atoms with Gasteiger partial charge in [-0.15, -0.1) is 0 Å². The van der Waals surface area contributed by atoms with Crippen LogP contribution in [0.2, 0.25) is 5.02 Å². The topological polar surface area (TPSA) is 90.5 Å². The molecule has 0 bridgehead atoms.